The van der Waals surface area contributed by atoms with E-state index in [4.69, 9.17) is 0 Å². The smallest absolute Gasteiger partial charge is 0.129 e. The van der Waals surface area contributed by atoms with Gasteiger partial charge in [0.25, 0.3) is 0 Å². The summed E-state index contributed by atoms with van der Waals surface area (Å²) in [7, 11) is 0. The van der Waals surface area contributed by atoms with Crippen LogP contribution in [0.5, 0.6) is 0 Å². The highest BCUT2D eigenvalue weighted by atomic mass is 15.2. The number of hydrogen-bond acceptors (Lipinski definition) is 0. The third-order valence-electron chi connectivity index (χ3n) is 5.35. The van der Waals surface area contributed by atoms with Crippen molar-refractivity contribution in [3.8, 4) is 0 Å². The number of fused-ring (bicyclic) bond motifs is 2. The molecule has 0 saturated heterocycles. The number of para-hydroxylation sites is 2. The maximum Gasteiger partial charge on any atom is 0.129 e. The van der Waals surface area contributed by atoms with Gasteiger partial charge in [-0.05, 0) is 74.7 Å². The predicted molar refractivity (Wildman–Crippen MR) is 121 cm³/mol. The zero-order chi connectivity index (χ0) is 19.5. The molecule has 2 heterocycles. The second kappa shape index (κ2) is 7.93. The fourth-order valence-electron chi connectivity index (χ4n) is 3.89. The van der Waals surface area contributed by atoms with E-state index in [1.54, 1.807) is 0 Å². The van der Waals surface area contributed by atoms with Crippen LogP contribution in [0.25, 0.3) is 21.8 Å². The lowest BCUT2D eigenvalue weighted by molar-refractivity contribution is 0.547. The van der Waals surface area contributed by atoms with Crippen LogP contribution in [0.1, 0.15) is 39.8 Å². The Morgan fingerprint density at radius 2 is 1.32 bits per heavy atom. The first-order valence-corrected chi connectivity index (χ1v) is 10.1. The minimum Gasteiger partial charge on any atom is -0.323 e. The van der Waals surface area contributed by atoms with E-state index in [2.05, 4.69) is 115 Å². The van der Waals surface area contributed by atoms with Gasteiger partial charge in [-0.2, -0.15) is 0 Å². The van der Waals surface area contributed by atoms with Gasteiger partial charge in [-0.1, -0.05) is 53.6 Å². The first-order chi connectivity index (χ1) is 13.6. The fourth-order valence-corrected chi connectivity index (χ4v) is 3.89. The normalized spacial score (nSPS) is 12.2. The molecule has 0 radical (unpaired) electrons. The van der Waals surface area contributed by atoms with Crippen molar-refractivity contribution >= 4 is 21.8 Å². The fraction of sp³-hybridized carbons (Fsp3) is 0.231. The van der Waals surface area contributed by atoms with Crippen LogP contribution in [-0.4, -0.2) is 9.13 Å². The van der Waals surface area contributed by atoms with E-state index in [-0.39, 0.29) is 6.17 Å². The summed E-state index contributed by atoms with van der Waals surface area (Å²) in [5.74, 6) is 0. The molecule has 2 nitrogen and oxygen atoms in total. The molecule has 0 atom stereocenters. The van der Waals surface area contributed by atoms with E-state index < -0.39 is 0 Å². The molecule has 2 heteroatoms. The average Bonchev–Trinajstić information content (AvgIpc) is 3.30. The Bertz CT molecular complexity index is 1080. The van der Waals surface area contributed by atoms with E-state index in [1.165, 1.54) is 33.0 Å². The average molecular weight is 369 g/mol. The number of nitrogens with zero attached hydrogens (tertiary/aromatic N) is 2. The topological polar surface area (TPSA) is 9.86 Å². The van der Waals surface area contributed by atoms with Crippen LogP contribution in [0.3, 0.4) is 0 Å². The van der Waals surface area contributed by atoms with Crippen molar-refractivity contribution in [2.75, 3.05) is 0 Å². The molecule has 0 spiro atoms. The molecule has 0 fully saturated rings. The van der Waals surface area contributed by atoms with Crippen LogP contribution >= 0.6 is 0 Å². The van der Waals surface area contributed by atoms with Crippen molar-refractivity contribution in [1.82, 2.24) is 9.13 Å². The number of benzene rings is 2. The monoisotopic (exact) mass is 368 g/mol. The van der Waals surface area contributed by atoms with Crippen molar-refractivity contribution in [3.05, 3.63) is 96.4 Å². The van der Waals surface area contributed by atoms with Gasteiger partial charge in [-0.25, -0.2) is 0 Å². The Kier molecular flexibility index (Phi) is 5.21. The van der Waals surface area contributed by atoms with Crippen molar-refractivity contribution in [2.45, 2.75) is 39.8 Å². The standard InChI is InChI=1S/C26H28N2/c1-20(2)9-8-10-21(3)19-26(27-17-15-22-11-4-6-13-24(22)27)28-18-16-23-12-5-7-14-25(23)28/h4-7,9,11-19,26H,8,10H2,1-3H3. The summed E-state index contributed by atoms with van der Waals surface area (Å²) in [4.78, 5) is 0. The van der Waals surface area contributed by atoms with Crippen LogP contribution < -0.4 is 0 Å². The molecule has 0 unspecified atom stereocenters. The van der Waals surface area contributed by atoms with Gasteiger partial charge in [0.1, 0.15) is 6.17 Å². The van der Waals surface area contributed by atoms with Gasteiger partial charge in [0, 0.05) is 12.4 Å². The lowest BCUT2D eigenvalue weighted by atomic mass is 10.1. The molecule has 0 amide bonds. The molecule has 4 rings (SSSR count). The van der Waals surface area contributed by atoms with Gasteiger partial charge in [0.05, 0.1) is 11.0 Å². The second-order valence-electron chi connectivity index (χ2n) is 7.81. The number of rotatable bonds is 6. The first kappa shape index (κ1) is 18.4. The molecule has 4 aromatic rings. The molecule has 0 aliphatic rings. The molecule has 0 saturated carbocycles. The van der Waals surface area contributed by atoms with Gasteiger partial charge in [-0.3, -0.25) is 0 Å². The van der Waals surface area contributed by atoms with Crippen LogP contribution in [0.15, 0.2) is 96.4 Å². The van der Waals surface area contributed by atoms with Gasteiger partial charge >= 0.3 is 0 Å². The summed E-state index contributed by atoms with van der Waals surface area (Å²) >= 11 is 0. The van der Waals surface area contributed by atoms with E-state index in [9.17, 15) is 0 Å². The SMILES string of the molecule is CC(C)=CCCC(C)=CC(n1ccc2ccccc21)n1ccc2ccccc21. The van der Waals surface area contributed by atoms with E-state index in [0.29, 0.717) is 0 Å². The van der Waals surface area contributed by atoms with Crippen molar-refractivity contribution in [2.24, 2.45) is 0 Å². The van der Waals surface area contributed by atoms with Crippen LogP contribution in [0.4, 0.5) is 0 Å². The molecule has 2 aromatic heterocycles. The van der Waals surface area contributed by atoms with E-state index in [1.807, 2.05) is 0 Å². The number of hydrogen-bond donors (Lipinski definition) is 0. The minimum atomic E-state index is 0.117. The highest BCUT2D eigenvalue weighted by Crippen LogP contribution is 2.28. The summed E-state index contributed by atoms with van der Waals surface area (Å²) < 4.78 is 4.76. The largest absolute Gasteiger partial charge is 0.323 e. The summed E-state index contributed by atoms with van der Waals surface area (Å²) in [6.45, 7) is 6.59. The van der Waals surface area contributed by atoms with Crippen molar-refractivity contribution in [1.29, 1.82) is 0 Å². The summed E-state index contributed by atoms with van der Waals surface area (Å²) in [6, 6.07) is 21.6. The van der Waals surface area contributed by atoms with Gasteiger partial charge < -0.3 is 9.13 Å². The molecule has 2 aromatic carbocycles. The lowest BCUT2D eigenvalue weighted by Gasteiger charge is -2.21. The lowest BCUT2D eigenvalue weighted by Crippen LogP contribution is -2.15. The zero-order valence-electron chi connectivity index (χ0n) is 17.0. The Morgan fingerprint density at radius 3 is 1.86 bits per heavy atom. The van der Waals surface area contributed by atoms with E-state index >= 15 is 0 Å². The Morgan fingerprint density at radius 1 is 0.786 bits per heavy atom. The summed E-state index contributed by atoms with van der Waals surface area (Å²) in [5, 5.41) is 2.55. The third kappa shape index (κ3) is 3.68. The molecule has 0 aliphatic carbocycles. The summed E-state index contributed by atoms with van der Waals surface area (Å²) in [5.41, 5.74) is 5.33. The minimum absolute atomic E-state index is 0.117. The quantitative estimate of drug-likeness (QED) is 0.315. The third-order valence-corrected chi connectivity index (χ3v) is 5.35. The number of aromatic nitrogens is 2. The number of allylic oxidation sites excluding steroid dienone is 4. The Hall–Kier alpha value is -3.00. The molecule has 0 N–H and O–H groups in total. The van der Waals surface area contributed by atoms with Gasteiger partial charge in [-0.15, -0.1) is 0 Å². The van der Waals surface area contributed by atoms with Crippen molar-refractivity contribution in [3.63, 3.8) is 0 Å². The summed E-state index contributed by atoms with van der Waals surface area (Å²) in [6.07, 6.45) is 11.5. The van der Waals surface area contributed by atoms with Crippen LogP contribution in [0, 0.1) is 0 Å². The molecular formula is C26H28N2. The zero-order valence-corrected chi connectivity index (χ0v) is 17.0. The second-order valence-corrected chi connectivity index (χ2v) is 7.81. The highest BCUT2D eigenvalue weighted by Gasteiger charge is 2.15. The van der Waals surface area contributed by atoms with Gasteiger partial charge in [0.15, 0.2) is 0 Å². The molecule has 142 valence electrons. The Labute approximate surface area is 167 Å². The Balaban J connectivity index is 1.80. The molecule has 0 bridgehead atoms. The van der Waals surface area contributed by atoms with Crippen molar-refractivity contribution < 1.29 is 0 Å². The molecule has 0 aliphatic heterocycles. The van der Waals surface area contributed by atoms with E-state index in [0.717, 1.165) is 12.8 Å². The highest BCUT2D eigenvalue weighted by molar-refractivity contribution is 5.82. The van der Waals surface area contributed by atoms with Crippen LogP contribution in [-0.2, 0) is 0 Å². The van der Waals surface area contributed by atoms with Gasteiger partial charge in [0.2, 0.25) is 0 Å². The molecule has 28 heavy (non-hydrogen) atoms. The maximum atomic E-state index is 2.41. The first-order valence-electron chi connectivity index (χ1n) is 10.1. The maximum absolute atomic E-state index is 2.41. The van der Waals surface area contributed by atoms with Crippen LogP contribution in [0.2, 0.25) is 0 Å². The predicted octanol–water partition coefficient (Wildman–Crippen LogP) is 7.34. The molecular weight excluding hydrogens is 340 g/mol.